The van der Waals surface area contributed by atoms with E-state index in [1.807, 2.05) is 6.07 Å². The Morgan fingerprint density at radius 3 is 2.50 bits per heavy atom. The molecule has 0 aromatic heterocycles. The Kier molecular flexibility index (Phi) is 6.08. The highest BCUT2D eigenvalue weighted by Crippen LogP contribution is 2.22. The second kappa shape index (κ2) is 8.89. The fraction of sp³-hybridized carbons (Fsp3) is 0.458. The van der Waals surface area contributed by atoms with E-state index < -0.39 is 0 Å². The van der Waals surface area contributed by atoms with E-state index in [0.29, 0.717) is 0 Å². The van der Waals surface area contributed by atoms with Crippen LogP contribution in [0.2, 0.25) is 0 Å². The molecule has 1 fully saturated rings. The second-order valence-corrected chi connectivity index (χ2v) is 8.19. The predicted octanol–water partition coefficient (Wildman–Crippen LogP) is 2.26. The zero-order valence-corrected chi connectivity index (χ0v) is 16.8. The number of hydrogen-bond donors (Lipinski definition) is 2. The minimum absolute atomic E-state index is 0.0113. The Labute approximate surface area is 167 Å². The topological polar surface area (TPSA) is 42.8 Å². The molecule has 1 heterocycles. The summed E-state index contributed by atoms with van der Waals surface area (Å²) in [5.41, 5.74) is 5.97. The highest BCUT2D eigenvalue weighted by molar-refractivity contribution is 5.94. The zero-order valence-electron chi connectivity index (χ0n) is 16.8. The van der Waals surface area contributed by atoms with Gasteiger partial charge in [0.25, 0.3) is 5.91 Å². The van der Waals surface area contributed by atoms with Crippen LogP contribution in [0.4, 0.5) is 0 Å². The first kappa shape index (κ1) is 19.2. The van der Waals surface area contributed by atoms with Crippen LogP contribution in [0, 0.1) is 6.92 Å². The molecule has 4 nitrogen and oxygen atoms in total. The van der Waals surface area contributed by atoms with Gasteiger partial charge in [0.05, 0.1) is 13.2 Å². The lowest BCUT2D eigenvalue weighted by Gasteiger charge is -2.28. The minimum Gasteiger partial charge on any atom is -0.370 e. The molecule has 1 aliphatic heterocycles. The first-order chi connectivity index (χ1) is 13.7. The van der Waals surface area contributed by atoms with Gasteiger partial charge in [0.1, 0.15) is 25.7 Å². The van der Waals surface area contributed by atoms with Crippen LogP contribution < -0.4 is 10.2 Å². The molecule has 4 heteroatoms. The molecular weight excluding hydrogens is 348 g/mol. The molecule has 1 aliphatic carbocycles. The van der Waals surface area contributed by atoms with Crippen LogP contribution in [0.1, 0.15) is 51.5 Å². The molecule has 1 atom stereocenters. The quantitative estimate of drug-likeness (QED) is 0.837. The molecule has 2 aliphatic rings. The number of benzene rings is 2. The van der Waals surface area contributed by atoms with Crippen LogP contribution >= 0.6 is 0 Å². The van der Waals surface area contributed by atoms with Gasteiger partial charge in [-0.25, -0.2) is 0 Å². The minimum atomic E-state index is 0.0113. The SMILES string of the molecule is Cc1ccc([C@@H](C[NH+]2CCOCC2)NC(=O)c2ccc3c(c2)CCCC3)cc1. The van der Waals surface area contributed by atoms with E-state index in [9.17, 15) is 4.79 Å². The lowest BCUT2D eigenvalue weighted by atomic mass is 9.90. The van der Waals surface area contributed by atoms with E-state index in [2.05, 4.69) is 48.6 Å². The number of carbonyl (C=O) groups excluding carboxylic acids is 1. The number of nitrogens with one attached hydrogen (secondary N) is 2. The maximum Gasteiger partial charge on any atom is 0.251 e. The monoisotopic (exact) mass is 379 g/mol. The molecule has 0 radical (unpaired) electrons. The third-order valence-electron chi connectivity index (χ3n) is 6.09. The summed E-state index contributed by atoms with van der Waals surface area (Å²) < 4.78 is 5.50. The average molecular weight is 380 g/mol. The molecule has 0 saturated carbocycles. The van der Waals surface area contributed by atoms with Crippen molar-refractivity contribution in [3.8, 4) is 0 Å². The summed E-state index contributed by atoms with van der Waals surface area (Å²) in [4.78, 5) is 14.6. The number of hydrogen-bond acceptors (Lipinski definition) is 2. The van der Waals surface area contributed by atoms with Crippen molar-refractivity contribution in [3.05, 3.63) is 70.3 Å². The van der Waals surface area contributed by atoms with Crippen molar-refractivity contribution in [1.82, 2.24) is 5.32 Å². The zero-order chi connectivity index (χ0) is 19.3. The lowest BCUT2D eigenvalue weighted by Crippen LogP contribution is -3.14. The highest BCUT2D eigenvalue weighted by Gasteiger charge is 2.24. The molecule has 0 spiro atoms. The van der Waals surface area contributed by atoms with Gasteiger partial charge in [-0.05, 0) is 61.4 Å². The molecule has 28 heavy (non-hydrogen) atoms. The lowest BCUT2D eigenvalue weighted by molar-refractivity contribution is -0.909. The van der Waals surface area contributed by atoms with Crippen molar-refractivity contribution < 1.29 is 14.4 Å². The van der Waals surface area contributed by atoms with E-state index in [1.165, 1.54) is 40.0 Å². The van der Waals surface area contributed by atoms with Crippen molar-refractivity contribution >= 4 is 5.91 Å². The standard InChI is InChI=1S/C24H30N2O2/c1-18-6-8-20(9-7-18)23(17-26-12-14-28-15-13-26)25-24(27)22-11-10-19-4-2-3-5-21(19)16-22/h6-11,16,23H,2-5,12-15,17H2,1H3,(H,25,27)/p+1/t23-/m1/s1. The first-order valence-corrected chi connectivity index (χ1v) is 10.6. The van der Waals surface area contributed by atoms with Gasteiger partial charge in [0.2, 0.25) is 0 Å². The Morgan fingerprint density at radius 1 is 1.04 bits per heavy atom. The number of aryl methyl sites for hydroxylation is 3. The highest BCUT2D eigenvalue weighted by atomic mass is 16.5. The van der Waals surface area contributed by atoms with Gasteiger partial charge >= 0.3 is 0 Å². The average Bonchev–Trinajstić information content (AvgIpc) is 2.74. The summed E-state index contributed by atoms with van der Waals surface area (Å²) in [6.07, 6.45) is 4.72. The Bertz CT molecular complexity index is 810. The van der Waals surface area contributed by atoms with E-state index in [4.69, 9.17) is 4.74 Å². The largest absolute Gasteiger partial charge is 0.370 e. The van der Waals surface area contributed by atoms with Crippen LogP contribution in [-0.2, 0) is 17.6 Å². The number of ether oxygens (including phenoxy) is 1. The fourth-order valence-electron chi connectivity index (χ4n) is 4.32. The van der Waals surface area contributed by atoms with Crippen molar-refractivity contribution in [1.29, 1.82) is 0 Å². The summed E-state index contributed by atoms with van der Waals surface area (Å²) in [6.45, 7) is 6.58. The van der Waals surface area contributed by atoms with Gasteiger partial charge in [0, 0.05) is 5.56 Å². The first-order valence-electron chi connectivity index (χ1n) is 10.6. The Balaban J connectivity index is 1.52. The van der Waals surface area contributed by atoms with Crippen molar-refractivity contribution in [3.63, 3.8) is 0 Å². The van der Waals surface area contributed by atoms with Crippen LogP contribution in [0.15, 0.2) is 42.5 Å². The maximum absolute atomic E-state index is 13.1. The van der Waals surface area contributed by atoms with E-state index in [1.54, 1.807) is 0 Å². The number of rotatable bonds is 5. The molecule has 1 amide bonds. The van der Waals surface area contributed by atoms with Crippen molar-refractivity contribution in [2.45, 2.75) is 38.6 Å². The number of amides is 1. The Hall–Kier alpha value is -2.17. The molecular formula is C24H31N2O2+. The summed E-state index contributed by atoms with van der Waals surface area (Å²) in [6, 6.07) is 14.8. The molecule has 0 bridgehead atoms. The molecule has 2 aromatic rings. The van der Waals surface area contributed by atoms with Gasteiger partial charge < -0.3 is 15.0 Å². The van der Waals surface area contributed by atoms with E-state index >= 15 is 0 Å². The molecule has 4 rings (SSSR count). The summed E-state index contributed by atoms with van der Waals surface area (Å²) >= 11 is 0. The van der Waals surface area contributed by atoms with Gasteiger partial charge in [-0.1, -0.05) is 35.9 Å². The second-order valence-electron chi connectivity index (χ2n) is 8.19. The summed E-state index contributed by atoms with van der Waals surface area (Å²) in [5.74, 6) is 0.0339. The van der Waals surface area contributed by atoms with Crippen LogP contribution in [0.25, 0.3) is 0 Å². The fourth-order valence-corrected chi connectivity index (χ4v) is 4.32. The molecule has 1 saturated heterocycles. The Morgan fingerprint density at radius 2 is 1.75 bits per heavy atom. The predicted molar refractivity (Wildman–Crippen MR) is 111 cm³/mol. The molecule has 2 aromatic carbocycles. The third kappa shape index (κ3) is 4.62. The van der Waals surface area contributed by atoms with Crippen molar-refractivity contribution in [2.24, 2.45) is 0 Å². The van der Waals surface area contributed by atoms with E-state index in [0.717, 1.165) is 51.3 Å². The number of morpholine rings is 1. The van der Waals surface area contributed by atoms with Crippen LogP contribution in [0.5, 0.6) is 0 Å². The summed E-state index contributed by atoms with van der Waals surface area (Å²) in [5, 5.41) is 3.32. The third-order valence-corrected chi connectivity index (χ3v) is 6.09. The van der Waals surface area contributed by atoms with Crippen LogP contribution in [0.3, 0.4) is 0 Å². The van der Waals surface area contributed by atoms with Gasteiger partial charge in [0.15, 0.2) is 0 Å². The normalized spacial score (nSPS) is 18.3. The van der Waals surface area contributed by atoms with Gasteiger partial charge in [-0.2, -0.15) is 0 Å². The summed E-state index contributed by atoms with van der Waals surface area (Å²) in [7, 11) is 0. The number of fused-ring (bicyclic) bond motifs is 1. The van der Waals surface area contributed by atoms with Gasteiger partial charge in [-0.3, -0.25) is 4.79 Å². The smallest absolute Gasteiger partial charge is 0.251 e. The van der Waals surface area contributed by atoms with E-state index in [-0.39, 0.29) is 11.9 Å². The number of carbonyl (C=O) groups is 1. The molecule has 0 unspecified atom stereocenters. The molecule has 2 N–H and O–H groups in total. The molecule has 148 valence electrons. The van der Waals surface area contributed by atoms with Crippen LogP contribution in [-0.4, -0.2) is 38.8 Å². The number of quaternary nitrogens is 1. The maximum atomic E-state index is 13.1. The van der Waals surface area contributed by atoms with Gasteiger partial charge in [-0.15, -0.1) is 0 Å². The van der Waals surface area contributed by atoms with Crippen molar-refractivity contribution in [2.75, 3.05) is 32.8 Å².